The van der Waals surface area contributed by atoms with Crippen LogP contribution >= 0.6 is 0 Å². The molecule has 0 radical (unpaired) electrons. The highest BCUT2D eigenvalue weighted by Crippen LogP contribution is 2.26. The normalized spacial score (nSPS) is 20.9. The van der Waals surface area contributed by atoms with Crippen LogP contribution < -0.4 is 5.73 Å². The van der Waals surface area contributed by atoms with Gasteiger partial charge in [-0.25, -0.2) is 0 Å². The molecule has 1 unspecified atom stereocenters. The minimum absolute atomic E-state index is 0.102. The Labute approximate surface area is 83.5 Å². The van der Waals surface area contributed by atoms with Crippen LogP contribution in [0.2, 0.25) is 0 Å². The van der Waals surface area contributed by atoms with Crippen molar-refractivity contribution < 1.29 is 4.79 Å². The van der Waals surface area contributed by atoms with Gasteiger partial charge < -0.3 is 10.6 Å². The first-order valence-corrected chi connectivity index (χ1v) is 4.78. The highest BCUT2D eigenvalue weighted by atomic mass is 16.2. The number of hydrogen-bond donors (Lipinski definition) is 1. The number of benzene rings is 1. The summed E-state index contributed by atoms with van der Waals surface area (Å²) in [6.45, 7) is 1.32. The molecule has 1 heterocycles. The molecule has 2 rings (SSSR count). The number of likely N-dealkylation sites (N-methyl/N-ethyl adjacent to an activating group) is 1. The van der Waals surface area contributed by atoms with E-state index in [1.54, 1.807) is 4.90 Å². The Morgan fingerprint density at radius 1 is 1.50 bits per heavy atom. The van der Waals surface area contributed by atoms with Crippen LogP contribution in [-0.4, -0.2) is 30.9 Å². The number of carbonyl (C=O) groups excluding carboxylic acids is 1. The molecule has 0 saturated carbocycles. The summed E-state index contributed by atoms with van der Waals surface area (Å²) in [7, 11) is 1.82. The quantitative estimate of drug-likeness (QED) is 0.712. The van der Waals surface area contributed by atoms with Crippen molar-refractivity contribution >= 4 is 5.91 Å². The highest BCUT2D eigenvalue weighted by Gasteiger charge is 2.27. The summed E-state index contributed by atoms with van der Waals surface area (Å²) in [5.41, 5.74) is 7.59. The fraction of sp³-hybridized carbons (Fsp3) is 0.364. The van der Waals surface area contributed by atoms with Crippen LogP contribution in [0.3, 0.4) is 0 Å². The molecule has 1 aromatic carbocycles. The lowest BCUT2D eigenvalue weighted by atomic mass is 9.90. The molecule has 0 saturated heterocycles. The Bertz CT molecular complexity index is 362. The van der Waals surface area contributed by atoms with Crippen molar-refractivity contribution in [1.82, 2.24) is 4.90 Å². The van der Waals surface area contributed by atoms with E-state index in [-0.39, 0.29) is 11.8 Å². The van der Waals surface area contributed by atoms with E-state index in [9.17, 15) is 4.79 Å². The second kappa shape index (κ2) is 3.42. The second-order valence-electron chi connectivity index (χ2n) is 3.71. The van der Waals surface area contributed by atoms with Crippen LogP contribution in [0.25, 0.3) is 0 Å². The van der Waals surface area contributed by atoms with Crippen molar-refractivity contribution in [2.24, 2.45) is 5.73 Å². The van der Waals surface area contributed by atoms with Gasteiger partial charge in [0.25, 0.3) is 5.91 Å². The van der Waals surface area contributed by atoms with Gasteiger partial charge in [-0.15, -0.1) is 0 Å². The van der Waals surface area contributed by atoms with Crippen molar-refractivity contribution in [1.29, 1.82) is 0 Å². The monoisotopic (exact) mass is 190 g/mol. The van der Waals surface area contributed by atoms with Gasteiger partial charge in [0.1, 0.15) is 0 Å². The SMILES string of the molecule is CN1CC(CN)c2ccccc2C1=O. The van der Waals surface area contributed by atoms with Crippen LogP contribution in [0.1, 0.15) is 21.8 Å². The first kappa shape index (κ1) is 9.21. The molecular formula is C11H14N2O. The summed E-state index contributed by atoms with van der Waals surface area (Å²) in [4.78, 5) is 13.5. The third-order valence-corrected chi connectivity index (χ3v) is 2.76. The van der Waals surface area contributed by atoms with E-state index in [1.807, 2.05) is 31.3 Å². The van der Waals surface area contributed by atoms with E-state index in [2.05, 4.69) is 0 Å². The molecule has 1 aliphatic heterocycles. The molecule has 0 aromatic heterocycles. The number of carbonyl (C=O) groups is 1. The van der Waals surface area contributed by atoms with Crippen LogP contribution in [0.5, 0.6) is 0 Å². The average Bonchev–Trinajstić information content (AvgIpc) is 2.23. The first-order chi connectivity index (χ1) is 6.74. The van der Waals surface area contributed by atoms with Crippen LogP contribution in [0, 0.1) is 0 Å². The van der Waals surface area contributed by atoms with Gasteiger partial charge in [0.05, 0.1) is 0 Å². The van der Waals surface area contributed by atoms with E-state index in [4.69, 9.17) is 5.73 Å². The van der Waals surface area contributed by atoms with Crippen LogP contribution in [0.15, 0.2) is 24.3 Å². The second-order valence-corrected chi connectivity index (χ2v) is 3.71. The molecular weight excluding hydrogens is 176 g/mol. The minimum atomic E-state index is 0.102. The molecule has 74 valence electrons. The molecule has 2 N–H and O–H groups in total. The van der Waals surface area contributed by atoms with E-state index in [1.165, 1.54) is 0 Å². The Morgan fingerprint density at radius 3 is 2.93 bits per heavy atom. The molecule has 1 aliphatic rings. The van der Waals surface area contributed by atoms with Crippen LogP contribution in [-0.2, 0) is 0 Å². The van der Waals surface area contributed by atoms with Crippen molar-refractivity contribution in [2.45, 2.75) is 5.92 Å². The fourth-order valence-electron chi connectivity index (χ4n) is 1.97. The van der Waals surface area contributed by atoms with Gasteiger partial charge in [0.15, 0.2) is 0 Å². The largest absolute Gasteiger partial charge is 0.341 e. The standard InChI is InChI=1S/C11H14N2O/c1-13-7-8(6-12)9-4-2-3-5-10(9)11(13)14/h2-5,8H,6-7,12H2,1H3. The van der Waals surface area contributed by atoms with Crippen molar-refractivity contribution in [3.05, 3.63) is 35.4 Å². The molecule has 3 heteroatoms. The predicted octanol–water partition coefficient (Wildman–Crippen LogP) is 0.814. The topological polar surface area (TPSA) is 46.3 Å². The molecule has 0 spiro atoms. The average molecular weight is 190 g/mol. The molecule has 1 aromatic rings. The number of hydrogen-bond acceptors (Lipinski definition) is 2. The summed E-state index contributed by atoms with van der Waals surface area (Å²) >= 11 is 0. The van der Waals surface area contributed by atoms with Crippen molar-refractivity contribution in [3.63, 3.8) is 0 Å². The molecule has 0 fully saturated rings. The first-order valence-electron chi connectivity index (χ1n) is 4.78. The van der Waals surface area contributed by atoms with Crippen molar-refractivity contribution in [2.75, 3.05) is 20.1 Å². The van der Waals surface area contributed by atoms with Gasteiger partial charge in [0.2, 0.25) is 0 Å². The van der Waals surface area contributed by atoms with Gasteiger partial charge in [-0.2, -0.15) is 0 Å². The maximum atomic E-state index is 11.8. The number of nitrogens with zero attached hydrogens (tertiary/aromatic N) is 1. The summed E-state index contributed by atoms with van der Waals surface area (Å²) in [6, 6.07) is 7.72. The zero-order valence-electron chi connectivity index (χ0n) is 8.23. The molecule has 1 atom stereocenters. The zero-order chi connectivity index (χ0) is 10.1. The van der Waals surface area contributed by atoms with Gasteiger partial charge in [-0.3, -0.25) is 4.79 Å². The summed E-state index contributed by atoms with van der Waals surface area (Å²) in [6.07, 6.45) is 0. The number of amides is 1. The number of fused-ring (bicyclic) bond motifs is 1. The summed E-state index contributed by atoms with van der Waals surface area (Å²) in [5.74, 6) is 0.388. The molecule has 0 aliphatic carbocycles. The van der Waals surface area contributed by atoms with E-state index in [0.29, 0.717) is 6.54 Å². The Kier molecular flexibility index (Phi) is 2.25. The lowest BCUT2D eigenvalue weighted by Crippen LogP contribution is -2.39. The van der Waals surface area contributed by atoms with Gasteiger partial charge in [0, 0.05) is 31.6 Å². The summed E-state index contributed by atoms with van der Waals surface area (Å²) in [5, 5.41) is 0. The van der Waals surface area contributed by atoms with E-state index in [0.717, 1.165) is 17.7 Å². The molecule has 0 bridgehead atoms. The number of nitrogens with two attached hydrogens (primary N) is 1. The van der Waals surface area contributed by atoms with Crippen molar-refractivity contribution in [3.8, 4) is 0 Å². The number of rotatable bonds is 1. The smallest absolute Gasteiger partial charge is 0.253 e. The van der Waals surface area contributed by atoms with Gasteiger partial charge in [-0.05, 0) is 11.6 Å². The Balaban J connectivity index is 2.49. The summed E-state index contributed by atoms with van der Waals surface area (Å²) < 4.78 is 0. The molecule has 3 nitrogen and oxygen atoms in total. The Morgan fingerprint density at radius 2 is 2.21 bits per heavy atom. The third kappa shape index (κ3) is 1.30. The van der Waals surface area contributed by atoms with E-state index >= 15 is 0 Å². The fourth-order valence-corrected chi connectivity index (χ4v) is 1.97. The molecule has 14 heavy (non-hydrogen) atoms. The van der Waals surface area contributed by atoms with Gasteiger partial charge in [-0.1, -0.05) is 18.2 Å². The lowest BCUT2D eigenvalue weighted by molar-refractivity contribution is 0.0766. The zero-order valence-corrected chi connectivity index (χ0v) is 8.23. The Hall–Kier alpha value is -1.35. The highest BCUT2D eigenvalue weighted by molar-refractivity contribution is 5.96. The molecule has 1 amide bonds. The maximum absolute atomic E-state index is 11.8. The maximum Gasteiger partial charge on any atom is 0.253 e. The third-order valence-electron chi connectivity index (χ3n) is 2.76. The predicted molar refractivity (Wildman–Crippen MR) is 55.2 cm³/mol. The van der Waals surface area contributed by atoms with E-state index < -0.39 is 0 Å². The van der Waals surface area contributed by atoms with Gasteiger partial charge >= 0.3 is 0 Å². The minimum Gasteiger partial charge on any atom is -0.341 e. The lowest BCUT2D eigenvalue weighted by Gasteiger charge is -2.31. The van der Waals surface area contributed by atoms with Crippen LogP contribution in [0.4, 0.5) is 0 Å².